The van der Waals surface area contributed by atoms with Gasteiger partial charge in [-0.2, -0.15) is 0 Å². The van der Waals surface area contributed by atoms with Gasteiger partial charge in [0.1, 0.15) is 0 Å². The average Bonchev–Trinajstić information content (AvgIpc) is 3.18. The molecule has 0 aliphatic heterocycles. The Morgan fingerprint density at radius 3 is 2.64 bits per heavy atom. The summed E-state index contributed by atoms with van der Waals surface area (Å²) >= 11 is 3.00. The van der Waals surface area contributed by atoms with Crippen LogP contribution in [0.15, 0.2) is 83.2 Å². The smallest absolute Gasteiger partial charge is 0.250 e. The highest BCUT2D eigenvalue weighted by atomic mass is 32.2. The second-order valence-electron chi connectivity index (χ2n) is 6.03. The molecule has 1 amide bonds. The molecule has 0 saturated heterocycles. The minimum Gasteiger partial charge on any atom is -0.297 e. The Hall–Kier alpha value is -2.96. The molecule has 0 spiro atoms. The molecule has 138 valence electrons. The molecule has 28 heavy (non-hydrogen) atoms. The fraction of sp³-hybridized carbons (Fsp3) is 0.0455. The molecule has 3 aromatic carbocycles. The second kappa shape index (κ2) is 8.82. The van der Waals surface area contributed by atoms with E-state index in [0.717, 1.165) is 15.7 Å². The highest BCUT2D eigenvalue weighted by Crippen LogP contribution is 2.30. The van der Waals surface area contributed by atoms with Gasteiger partial charge in [0.2, 0.25) is 11.0 Å². The van der Waals surface area contributed by atoms with E-state index < -0.39 is 0 Å². The van der Waals surface area contributed by atoms with Gasteiger partial charge in [0.05, 0.1) is 0 Å². The number of thioether (sulfide) groups is 1. The molecular formula is C22H17N3OS2. The van der Waals surface area contributed by atoms with Crippen molar-refractivity contribution >= 4 is 51.0 Å². The lowest BCUT2D eigenvalue weighted by molar-refractivity contribution is -0.111. The molecule has 1 aromatic heterocycles. The van der Waals surface area contributed by atoms with Crippen LogP contribution >= 0.6 is 23.1 Å². The SMILES string of the molecule is O=C(C=Cc1ccccc1)Nc1nnc(SCc2cccc3ccccc23)s1. The second-order valence-corrected chi connectivity index (χ2v) is 8.23. The monoisotopic (exact) mass is 403 g/mol. The van der Waals surface area contributed by atoms with Gasteiger partial charge >= 0.3 is 0 Å². The maximum absolute atomic E-state index is 12.1. The quantitative estimate of drug-likeness (QED) is 0.257. The summed E-state index contributed by atoms with van der Waals surface area (Å²) in [6.07, 6.45) is 3.27. The Morgan fingerprint density at radius 2 is 1.75 bits per heavy atom. The topological polar surface area (TPSA) is 54.9 Å². The first kappa shape index (κ1) is 18.4. The first-order valence-corrected chi connectivity index (χ1v) is 10.6. The Bertz CT molecular complexity index is 1120. The van der Waals surface area contributed by atoms with Gasteiger partial charge in [-0.05, 0) is 28.0 Å². The van der Waals surface area contributed by atoms with E-state index in [1.807, 2.05) is 36.4 Å². The summed E-state index contributed by atoms with van der Waals surface area (Å²) in [5.41, 5.74) is 2.23. The van der Waals surface area contributed by atoms with Crippen LogP contribution in [0.3, 0.4) is 0 Å². The minimum absolute atomic E-state index is 0.217. The number of fused-ring (bicyclic) bond motifs is 1. The van der Waals surface area contributed by atoms with E-state index in [1.54, 1.807) is 17.8 Å². The van der Waals surface area contributed by atoms with E-state index >= 15 is 0 Å². The van der Waals surface area contributed by atoms with Gasteiger partial charge in [-0.25, -0.2) is 0 Å². The lowest BCUT2D eigenvalue weighted by Gasteiger charge is -2.04. The molecule has 4 aromatic rings. The number of benzene rings is 3. The van der Waals surface area contributed by atoms with E-state index in [2.05, 4.69) is 51.9 Å². The zero-order valence-corrected chi connectivity index (χ0v) is 16.5. The van der Waals surface area contributed by atoms with Crippen molar-refractivity contribution in [1.29, 1.82) is 0 Å². The lowest BCUT2D eigenvalue weighted by atomic mass is 10.1. The Balaban J connectivity index is 1.36. The first-order valence-electron chi connectivity index (χ1n) is 8.75. The van der Waals surface area contributed by atoms with E-state index in [0.29, 0.717) is 5.13 Å². The van der Waals surface area contributed by atoms with Crippen LogP contribution in [0.25, 0.3) is 16.8 Å². The summed E-state index contributed by atoms with van der Waals surface area (Å²) in [4.78, 5) is 12.1. The van der Waals surface area contributed by atoms with Crippen LogP contribution in [0.1, 0.15) is 11.1 Å². The van der Waals surface area contributed by atoms with Gasteiger partial charge in [0.25, 0.3) is 0 Å². The van der Waals surface area contributed by atoms with Crippen molar-refractivity contribution in [3.63, 3.8) is 0 Å². The largest absolute Gasteiger partial charge is 0.297 e. The van der Waals surface area contributed by atoms with Gasteiger partial charge in [0.15, 0.2) is 4.34 Å². The number of anilines is 1. The highest BCUT2D eigenvalue weighted by Gasteiger charge is 2.08. The lowest BCUT2D eigenvalue weighted by Crippen LogP contribution is -2.07. The van der Waals surface area contributed by atoms with Crippen molar-refractivity contribution < 1.29 is 4.79 Å². The number of aromatic nitrogens is 2. The summed E-state index contributed by atoms with van der Waals surface area (Å²) in [6.45, 7) is 0. The number of nitrogens with one attached hydrogen (secondary N) is 1. The number of hydrogen-bond acceptors (Lipinski definition) is 5. The van der Waals surface area contributed by atoms with Crippen molar-refractivity contribution in [3.05, 3.63) is 90.0 Å². The Labute approximate surface area is 171 Å². The molecule has 0 atom stereocenters. The average molecular weight is 404 g/mol. The molecule has 4 rings (SSSR count). The number of rotatable bonds is 6. The molecule has 0 bridgehead atoms. The van der Waals surface area contributed by atoms with Crippen molar-refractivity contribution in [1.82, 2.24) is 10.2 Å². The van der Waals surface area contributed by atoms with E-state index in [1.165, 1.54) is 33.7 Å². The van der Waals surface area contributed by atoms with E-state index in [9.17, 15) is 4.79 Å². The number of amides is 1. The molecular weight excluding hydrogens is 386 g/mol. The standard InChI is InChI=1S/C22H17N3OS2/c26-20(14-13-16-7-2-1-3-8-16)23-21-24-25-22(28-21)27-15-18-11-6-10-17-9-4-5-12-19(17)18/h1-14H,15H2,(H,23,24,26). The number of carbonyl (C=O) groups excluding carboxylic acids is 1. The summed E-state index contributed by atoms with van der Waals surface area (Å²) in [7, 11) is 0. The van der Waals surface area contributed by atoms with Crippen LogP contribution in [-0.2, 0) is 10.5 Å². The molecule has 0 aliphatic carbocycles. The van der Waals surface area contributed by atoms with Gasteiger partial charge in [-0.1, -0.05) is 95.9 Å². The summed E-state index contributed by atoms with van der Waals surface area (Å²) in [5, 5.41) is 14.0. The number of nitrogens with zero attached hydrogens (tertiary/aromatic N) is 2. The highest BCUT2D eigenvalue weighted by molar-refractivity contribution is 8.00. The fourth-order valence-corrected chi connectivity index (χ4v) is 4.52. The van der Waals surface area contributed by atoms with Gasteiger partial charge in [0, 0.05) is 11.8 Å². The summed E-state index contributed by atoms with van der Waals surface area (Å²) < 4.78 is 0.829. The van der Waals surface area contributed by atoms with Crippen molar-refractivity contribution in [3.8, 4) is 0 Å². The third kappa shape index (κ3) is 4.65. The van der Waals surface area contributed by atoms with Crippen molar-refractivity contribution in [2.75, 3.05) is 5.32 Å². The first-order chi connectivity index (χ1) is 13.8. The van der Waals surface area contributed by atoms with Crippen LogP contribution in [-0.4, -0.2) is 16.1 Å². The molecule has 0 radical (unpaired) electrons. The minimum atomic E-state index is -0.217. The van der Waals surface area contributed by atoms with Crippen LogP contribution in [0, 0.1) is 0 Å². The normalized spacial score (nSPS) is 11.1. The zero-order valence-electron chi connectivity index (χ0n) is 14.9. The van der Waals surface area contributed by atoms with Crippen molar-refractivity contribution in [2.45, 2.75) is 10.1 Å². The van der Waals surface area contributed by atoms with Crippen LogP contribution in [0.5, 0.6) is 0 Å². The maximum Gasteiger partial charge on any atom is 0.250 e. The number of hydrogen-bond donors (Lipinski definition) is 1. The Morgan fingerprint density at radius 1 is 0.964 bits per heavy atom. The van der Waals surface area contributed by atoms with Gasteiger partial charge in [-0.15, -0.1) is 10.2 Å². The summed E-state index contributed by atoms with van der Waals surface area (Å²) in [6, 6.07) is 24.4. The van der Waals surface area contributed by atoms with E-state index in [4.69, 9.17) is 0 Å². The molecule has 0 fully saturated rings. The third-order valence-electron chi connectivity index (χ3n) is 4.09. The maximum atomic E-state index is 12.1. The predicted molar refractivity (Wildman–Crippen MR) is 118 cm³/mol. The summed E-state index contributed by atoms with van der Waals surface area (Å²) in [5.74, 6) is 0.586. The van der Waals surface area contributed by atoms with Gasteiger partial charge in [-0.3, -0.25) is 10.1 Å². The molecule has 6 heteroatoms. The Kier molecular flexibility index (Phi) is 5.80. The van der Waals surface area contributed by atoms with Crippen LogP contribution < -0.4 is 5.32 Å². The fourth-order valence-electron chi connectivity index (χ4n) is 2.76. The molecule has 1 heterocycles. The molecule has 0 saturated carbocycles. The molecule has 0 aliphatic rings. The van der Waals surface area contributed by atoms with Crippen molar-refractivity contribution in [2.24, 2.45) is 0 Å². The third-order valence-corrected chi connectivity index (χ3v) is 6.12. The molecule has 4 nitrogen and oxygen atoms in total. The van der Waals surface area contributed by atoms with E-state index in [-0.39, 0.29) is 5.91 Å². The number of carbonyl (C=O) groups is 1. The zero-order chi connectivity index (χ0) is 19.2. The molecule has 0 unspecified atom stereocenters. The van der Waals surface area contributed by atoms with Crippen LogP contribution in [0.2, 0.25) is 0 Å². The molecule has 1 N–H and O–H groups in total. The predicted octanol–water partition coefficient (Wildman–Crippen LogP) is 5.64. The van der Waals surface area contributed by atoms with Crippen LogP contribution in [0.4, 0.5) is 5.13 Å². The van der Waals surface area contributed by atoms with Gasteiger partial charge < -0.3 is 0 Å².